The average Bonchev–Trinajstić information content (AvgIpc) is 2.78. The number of hydrogen-bond acceptors (Lipinski definition) is 3. The molecular weight excluding hydrogens is 250 g/mol. The standard InChI is InChI=1S/C16H23N3O/c1-12-11-18(2)8-5-9-19(12)16(20)14-10-17-15-7-4-3-6-13(14)15/h3-4,6-7,12,14,17H,5,8-11H2,1-2H3. The van der Waals surface area contributed by atoms with Crippen LogP contribution in [0.4, 0.5) is 5.69 Å². The van der Waals surface area contributed by atoms with Crippen LogP contribution in [0.5, 0.6) is 0 Å². The molecule has 20 heavy (non-hydrogen) atoms. The molecular formula is C16H23N3O. The van der Waals surface area contributed by atoms with Crippen molar-refractivity contribution < 1.29 is 4.79 Å². The number of likely N-dealkylation sites (N-methyl/N-ethyl adjacent to an activating group) is 1. The van der Waals surface area contributed by atoms with Crippen LogP contribution in [0.1, 0.15) is 24.8 Å². The van der Waals surface area contributed by atoms with Crippen molar-refractivity contribution in [3.63, 3.8) is 0 Å². The van der Waals surface area contributed by atoms with Gasteiger partial charge in [-0.1, -0.05) is 18.2 Å². The maximum absolute atomic E-state index is 12.9. The number of nitrogens with one attached hydrogen (secondary N) is 1. The summed E-state index contributed by atoms with van der Waals surface area (Å²) in [6, 6.07) is 8.46. The van der Waals surface area contributed by atoms with Crippen LogP contribution in [0.15, 0.2) is 24.3 Å². The molecule has 0 radical (unpaired) electrons. The largest absolute Gasteiger partial charge is 0.384 e. The molecule has 1 N–H and O–H groups in total. The molecule has 2 aliphatic rings. The van der Waals surface area contributed by atoms with Crippen molar-refractivity contribution in [2.24, 2.45) is 0 Å². The third-order valence-electron chi connectivity index (χ3n) is 4.46. The van der Waals surface area contributed by atoms with Gasteiger partial charge in [0.05, 0.1) is 5.92 Å². The summed E-state index contributed by atoms with van der Waals surface area (Å²) in [6.45, 7) is 5.81. The van der Waals surface area contributed by atoms with Crippen molar-refractivity contribution in [3.8, 4) is 0 Å². The molecule has 2 atom stereocenters. The Morgan fingerprint density at radius 1 is 1.30 bits per heavy atom. The number of rotatable bonds is 1. The predicted octanol–water partition coefficient (Wildman–Crippen LogP) is 1.75. The molecule has 0 bridgehead atoms. The van der Waals surface area contributed by atoms with Gasteiger partial charge in [-0.25, -0.2) is 0 Å². The normalized spacial score (nSPS) is 26.8. The SMILES string of the molecule is CC1CN(C)CCCN1C(=O)C1CNc2ccccc21. The van der Waals surface area contributed by atoms with Gasteiger partial charge < -0.3 is 15.1 Å². The number of fused-ring (bicyclic) bond motifs is 1. The molecule has 2 aliphatic heterocycles. The van der Waals surface area contributed by atoms with Gasteiger partial charge in [-0.3, -0.25) is 4.79 Å². The predicted molar refractivity (Wildman–Crippen MR) is 81.0 cm³/mol. The van der Waals surface area contributed by atoms with Crippen LogP contribution in [-0.2, 0) is 4.79 Å². The molecule has 1 aromatic rings. The second-order valence-electron chi connectivity index (χ2n) is 6.02. The number of carbonyl (C=O) groups is 1. The summed E-state index contributed by atoms with van der Waals surface area (Å²) in [5.41, 5.74) is 2.27. The minimum absolute atomic E-state index is 0.0166. The Balaban J connectivity index is 1.79. The van der Waals surface area contributed by atoms with Crippen molar-refractivity contribution in [1.29, 1.82) is 0 Å². The molecule has 1 saturated heterocycles. The van der Waals surface area contributed by atoms with Crippen molar-refractivity contribution in [2.75, 3.05) is 38.5 Å². The highest BCUT2D eigenvalue weighted by Crippen LogP contribution is 2.33. The van der Waals surface area contributed by atoms with E-state index >= 15 is 0 Å². The topological polar surface area (TPSA) is 35.6 Å². The van der Waals surface area contributed by atoms with Gasteiger partial charge in [0.2, 0.25) is 5.91 Å². The van der Waals surface area contributed by atoms with Crippen LogP contribution in [0.2, 0.25) is 0 Å². The average molecular weight is 273 g/mol. The molecule has 0 aliphatic carbocycles. The lowest BCUT2D eigenvalue weighted by Crippen LogP contribution is -2.44. The van der Waals surface area contributed by atoms with E-state index in [1.807, 2.05) is 12.1 Å². The van der Waals surface area contributed by atoms with Gasteiger partial charge in [-0.15, -0.1) is 0 Å². The highest BCUT2D eigenvalue weighted by Gasteiger charge is 2.34. The number of anilines is 1. The quantitative estimate of drug-likeness (QED) is 0.847. The molecule has 0 saturated carbocycles. The fraction of sp³-hybridized carbons (Fsp3) is 0.562. The van der Waals surface area contributed by atoms with Crippen LogP contribution in [0.25, 0.3) is 0 Å². The Kier molecular flexibility index (Phi) is 3.66. The van der Waals surface area contributed by atoms with E-state index in [2.05, 4.69) is 41.2 Å². The minimum Gasteiger partial charge on any atom is -0.384 e. The Hall–Kier alpha value is -1.55. The summed E-state index contributed by atoms with van der Waals surface area (Å²) in [5, 5.41) is 3.35. The van der Waals surface area contributed by atoms with E-state index in [9.17, 15) is 4.79 Å². The van der Waals surface area contributed by atoms with Gasteiger partial charge in [0, 0.05) is 31.4 Å². The maximum atomic E-state index is 12.9. The number of hydrogen-bond donors (Lipinski definition) is 1. The van der Waals surface area contributed by atoms with Crippen molar-refractivity contribution in [1.82, 2.24) is 9.80 Å². The summed E-state index contributed by atoms with van der Waals surface area (Å²) in [4.78, 5) is 17.3. The summed E-state index contributed by atoms with van der Waals surface area (Å²) < 4.78 is 0. The number of carbonyl (C=O) groups excluding carboxylic acids is 1. The molecule has 0 aromatic heterocycles. The van der Waals surface area contributed by atoms with E-state index in [1.165, 1.54) is 0 Å². The number of para-hydroxylation sites is 1. The van der Waals surface area contributed by atoms with Gasteiger partial charge in [0.1, 0.15) is 0 Å². The maximum Gasteiger partial charge on any atom is 0.232 e. The fourth-order valence-electron chi connectivity index (χ4n) is 3.40. The van der Waals surface area contributed by atoms with E-state index in [0.717, 1.165) is 43.9 Å². The number of amides is 1. The van der Waals surface area contributed by atoms with Gasteiger partial charge in [0.25, 0.3) is 0 Å². The van der Waals surface area contributed by atoms with Crippen LogP contribution < -0.4 is 5.32 Å². The van der Waals surface area contributed by atoms with Gasteiger partial charge in [-0.05, 0) is 38.6 Å². The molecule has 1 amide bonds. The molecule has 2 unspecified atom stereocenters. The van der Waals surface area contributed by atoms with Crippen LogP contribution >= 0.6 is 0 Å². The Morgan fingerprint density at radius 2 is 2.10 bits per heavy atom. The van der Waals surface area contributed by atoms with Gasteiger partial charge in [-0.2, -0.15) is 0 Å². The van der Waals surface area contributed by atoms with E-state index in [0.29, 0.717) is 6.04 Å². The summed E-state index contributed by atoms with van der Waals surface area (Å²) in [7, 11) is 2.14. The summed E-state index contributed by atoms with van der Waals surface area (Å²) in [5.74, 6) is 0.266. The first-order valence-electron chi connectivity index (χ1n) is 7.48. The molecule has 0 spiro atoms. The number of nitrogens with zero attached hydrogens (tertiary/aromatic N) is 2. The highest BCUT2D eigenvalue weighted by molar-refractivity contribution is 5.88. The lowest BCUT2D eigenvalue weighted by molar-refractivity contribution is -0.134. The van der Waals surface area contributed by atoms with Gasteiger partial charge >= 0.3 is 0 Å². The van der Waals surface area contributed by atoms with E-state index in [4.69, 9.17) is 0 Å². The molecule has 3 rings (SSSR count). The summed E-state index contributed by atoms with van der Waals surface area (Å²) >= 11 is 0. The Labute approximate surface area is 120 Å². The lowest BCUT2D eigenvalue weighted by atomic mass is 9.99. The van der Waals surface area contributed by atoms with Crippen molar-refractivity contribution >= 4 is 11.6 Å². The Morgan fingerprint density at radius 3 is 2.95 bits per heavy atom. The zero-order valence-electron chi connectivity index (χ0n) is 12.3. The van der Waals surface area contributed by atoms with Crippen LogP contribution in [-0.4, -0.2) is 55.0 Å². The molecule has 108 valence electrons. The molecule has 4 nitrogen and oxygen atoms in total. The first-order valence-corrected chi connectivity index (χ1v) is 7.48. The van der Waals surface area contributed by atoms with E-state index in [1.54, 1.807) is 0 Å². The van der Waals surface area contributed by atoms with E-state index < -0.39 is 0 Å². The van der Waals surface area contributed by atoms with Crippen molar-refractivity contribution in [3.05, 3.63) is 29.8 Å². The number of benzene rings is 1. The zero-order chi connectivity index (χ0) is 14.1. The second kappa shape index (κ2) is 5.44. The molecule has 1 aromatic carbocycles. The first kappa shape index (κ1) is 13.4. The fourth-order valence-corrected chi connectivity index (χ4v) is 3.40. The minimum atomic E-state index is -0.0166. The monoisotopic (exact) mass is 273 g/mol. The lowest BCUT2D eigenvalue weighted by Gasteiger charge is -2.30. The first-order chi connectivity index (χ1) is 9.66. The van der Waals surface area contributed by atoms with Crippen LogP contribution in [0.3, 0.4) is 0 Å². The second-order valence-corrected chi connectivity index (χ2v) is 6.02. The Bertz CT molecular complexity index is 502. The summed E-state index contributed by atoms with van der Waals surface area (Å²) in [6.07, 6.45) is 1.06. The third-order valence-corrected chi connectivity index (χ3v) is 4.46. The zero-order valence-corrected chi connectivity index (χ0v) is 12.3. The van der Waals surface area contributed by atoms with Gasteiger partial charge in [0.15, 0.2) is 0 Å². The molecule has 1 fully saturated rings. The molecule has 4 heteroatoms. The highest BCUT2D eigenvalue weighted by atomic mass is 16.2. The third kappa shape index (κ3) is 2.40. The molecule has 2 heterocycles. The van der Waals surface area contributed by atoms with E-state index in [-0.39, 0.29) is 11.8 Å². The van der Waals surface area contributed by atoms with Crippen LogP contribution in [0, 0.1) is 0 Å². The smallest absolute Gasteiger partial charge is 0.232 e. The van der Waals surface area contributed by atoms with Crippen molar-refractivity contribution in [2.45, 2.75) is 25.3 Å².